The summed E-state index contributed by atoms with van der Waals surface area (Å²) < 4.78 is 6.01. The van der Waals surface area contributed by atoms with Crippen molar-refractivity contribution in [3.8, 4) is 0 Å². The summed E-state index contributed by atoms with van der Waals surface area (Å²) in [5, 5.41) is 0. The standard InChI is InChI=1S/C15H24O.C2H6/c1-5-14(16-15(2,3)4)12-11-13-9-7-6-8-10-13;1-2/h6-10,14H,5,11-12H2,1-4H3;1-2H3. The third kappa shape index (κ3) is 8.30. The second kappa shape index (κ2) is 9.16. The third-order valence-corrected chi connectivity index (χ3v) is 2.57. The molecule has 1 heteroatoms. The minimum atomic E-state index is -0.0304. The first-order valence-electron chi connectivity index (χ1n) is 7.23. The molecule has 0 aliphatic rings. The molecule has 0 aromatic heterocycles. The average molecular weight is 250 g/mol. The maximum absolute atomic E-state index is 6.01. The normalized spacial score (nSPS) is 12.6. The Kier molecular flexibility index (Phi) is 8.74. The molecule has 1 aromatic carbocycles. The summed E-state index contributed by atoms with van der Waals surface area (Å²) >= 11 is 0. The molecule has 0 aliphatic heterocycles. The van der Waals surface area contributed by atoms with Crippen molar-refractivity contribution in [1.82, 2.24) is 0 Å². The number of rotatable bonds is 5. The van der Waals surface area contributed by atoms with Gasteiger partial charge in [0.25, 0.3) is 0 Å². The van der Waals surface area contributed by atoms with Crippen molar-refractivity contribution in [3.05, 3.63) is 35.9 Å². The largest absolute Gasteiger partial charge is 0.373 e. The van der Waals surface area contributed by atoms with E-state index in [1.54, 1.807) is 0 Å². The number of aryl methyl sites for hydroxylation is 1. The predicted octanol–water partition coefficient (Wildman–Crippen LogP) is 5.24. The molecule has 0 radical (unpaired) electrons. The van der Waals surface area contributed by atoms with Gasteiger partial charge in [-0.25, -0.2) is 0 Å². The highest BCUT2D eigenvalue weighted by Crippen LogP contribution is 2.17. The summed E-state index contributed by atoms with van der Waals surface area (Å²) in [6.07, 6.45) is 3.68. The molecule has 0 saturated carbocycles. The van der Waals surface area contributed by atoms with Gasteiger partial charge < -0.3 is 4.74 Å². The lowest BCUT2D eigenvalue weighted by molar-refractivity contribution is -0.0639. The summed E-state index contributed by atoms with van der Waals surface area (Å²) in [6.45, 7) is 12.6. The van der Waals surface area contributed by atoms with Gasteiger partial charge in [0.2, 0.25) is 0 Å². The van der Waals surface area contributed by atoms with E-state index in [0.29, 0.717) is 6.10 Å². The average Bonchev–Trinajstić information content (AvgIpc) is 2.37. The maximum atomic E-state index is 6.01. The Bertz CT molecular complexity index is 284. The molecule has 0 aliphatic carbocycles. The SMILES string of the molecule is CC.CCC(CCc1ccccc1)OC(C)(C)C. The fourth-order valence-corrected chi connectivity index (χ4v) is 1.82. The predicted molar refractivity (Wildman–Crippen MR) is 81.0 cm³/mol. The van der Waals surface area contributed by atoms with Crippen LogP contribution in [0, 0.1) is 0 Å². The molecule has 1 unspecified atom stereocenters. The molecule has 1 atom stereocenters. The first-order chi connectivity index (χ1) is 8.51. The quantitative estimate of drug-likeness (QED) is 0.694. The van der Waals surface area contributed by atoms with E-state index in [2.05, 4.69) is 58.0 Å². The number of benzene rings is 1. The topological polar surface area (TPSA) is 9.23 Å². The van der Waals surface area contributed by atoms with Crippen molar-refractivity contribution >= 4 is 0 Å². The van der Waals surface area contributed by atoms with Crippen molar-refractivity contribution in [3.63, 3.8) is 0 Å². The summed E-state index contributed by atoms with van der Waals surface area (Å²) in [7, 11) is 0. The van der Waals surface area contributed by atoms with Crippen molar-refractivity contribution < 1.29 is 4.74 Å². The molecule has 104 valence electrons. The Morgan fingerprint density at radius 2 is 1.61 bits per heavy atom. The number of hydrogen-bond donors (Lipinski definition) is 0. The van der Waals surface area contributed by atoms with Gasteiger partial charge >= 0.3 is 0 Å². The van der Waals surface area contributed by atoms with E-state index in [1.807, 2.05) is 13.8 Å². The fourth-order valence-electron chi connectivity index (χ4n) is 1.82. The molecular formula is C17H30O. The van der Waals surface area contributed by atoms with E-state index in [4.69, 9.17) is 4.74 Å². The summed E-state index contributed by atoms with van der Waals surface area (Å²) in [5.41, 5.74) is 1.37. The minimum absolute atomic E-state index is 0.0304. The lowest BCUT2D eigenvalue weighted by atomic mass is 10.0. The van der Waals surface area contributed by atoms with Crippen molar-refractivity contribution in [2.75, 3.05) is 0 Å². The molecule has 0 spiro atoms. The van der Waals surface area contributed by atoms with Crippen LogP contribution in [0.1, 0.15) is 59.9 Å². The van der Waals surface area contributed by atoms with Crippen LogP contribution in [0.2, 0.25) is 0 Å². The number of hydrogen-bond acceptors (Lipinski definition) is 1. The Morgan fingerprint density at radius 1 is 1.06 bits per heavy atom. The molecular weight excluding hydrogens is 220 g/mol. The van der Waals surface area contributed by atoms with Crippen LogP contribution < -0.4 is 0 Å². The number of ether oxygens (including phenoxy) is 1. The molecule has 1 nitrogen and oxygen atoms in total. The van der Waals surface area contributed by atoms with Crippen LogP contribution in [0.3, 0.4) is 0 Å². The first-order valence-corrected chi connectivity index (χ1v) is 7.23. The van der Waals surface area contributed by atoms with Crippen LogP contribution in [0.15, 0.2) is 30.3 Å². The zero-order valence-corrected chi connectivity index (χ0v) is 13.0. The summed E-state index contributed by atoms with van der Waals surface area (Å²) in [5.74, 6) is 0. The molecule has 0 fully saturated rings. The van der Waals surface area contributed by atoms with Crippen molar-refractivity contribution in [1.29, 1.82) is 0 Å². The molecule has 0 saturated heterocycles. The van der Waals surface area contributed by atoms with E-state index in [-0.39, 0.29) is 5.60 Å². The molecule has 18 heavy (non-hydrogen) atoms. The van der Waals surface area contributed by atoms with E-state index in [0.717, 1.165) is 19.3 Å². The van der Waals surface area contributed by atoms with E-state index < -0.39 is 0 Å². The maximum Gasteiger partial charge on any atom is 0.0602 e. The second-order valence-corrected chi connectivity index (χ2v) is 5.28. The van der Waals surface area contributed by atoms with Gasteiger partial charge in [-0.2, -0.15) is 0 Å². The van der Waals surface area contributed by atoms with E-state index in [1.165, 1.54) is 5.56 Å². The van der Waals surface area contributed by atoms with Crippen LogP contribution in [0.5, 0.6) is 0 Å². The van der Waals surface area contributed by atoms with Gasteiger partial charge in [-0.05, 0) is 45.6 Å². The van der Waals surface area contributed by atoms with Gasteiger partial charge in [0.05, 0.1) is 11.7 Å². The highest BCUT2D eigenvalue weighted by molar-refractivity contribution is 5.14. The van der Waals surface area contributed by atoms with Crippen molar-refractivity contribution in [2.45, 2.75) is 72.5 Å². The zero-order valence-electron chi connectivity index (χ0n) is 13.0. The van der Waals surface area contributed by atoms with Gasteiger partial charge in [-0.3, -0.25) is 0 Å². The molecule has 1 aromatic rings. The van der Waals surface area contributed by atoms with Crippen LogP contribution in [-0.2, 0) is 11.2 Å². The zero-order chi connectivity index (χ0) is 14.0. The lowest BCUT2D eigenvalue weighted by Crippen LogP contribution is -2.27. The van der Waals surface area contributed by atoms with Gasteiger partial charge in [0, 0.05) is 0 Å². The third-order valence-electron chi connectivity index (χ3n) is 2.57. The van der Waals surface area contributed by atoms with Gasteiger partial charge in [-0.1, -0.05) is 51.1 Å². The van der Waals surface area contributed by atoms with Crippen LogP contribution in [0.4, 0.5) is 0 Å². The van der Waals surface area contributed by atoms with Gasteiger partial charge in [0.15, 0.2) is 0 Å². The molecule has 0 heterocycles. The van der Waals surface area contributed by atoms with Gasteiger partial charge in [0.1, 0.15) is 0 Å². The van der Waals surface area contributed by atoms with Crippen LogP contribution in [-0.4, -0.2) is 11.7 Å². The lowest BCUT2D eigenvalue weighted by Gasteiger charge is -2.27. The second-order valence-electron chi connectivity index (χ2n) is 5.28. The Labute approximate surface area is 114 Å². The molecule has 0 amide bonds. The Hall–Kier alpha value is -0.820. The monoisotopic (exact) mass is 250 g/mol. The van der Waals surface area contributed by atoms with Crippen molar-refractivity contribution in [2.24, 2.45) is 0 Å². The summed E-state index contributed by atoms with van der Waals surface area (Å²) in [4.78, 5) is 0. The fraction of sp³-hybridized carbons (Fsp3) is 0.647. The van der Waals surface area contributed by atoms with E-state index in [9.17, 15) is 0 Å². The van der Waals surface area contributed by atoms with Crippen LogP contribution >= 0.6 is 0 Å². The Balaban J connectivity index is 0.00000137. The highest BCUT2D eigenvalue weighted by Gasteiger charge is 2.16. The smallest absolute Gasteiger partial charge is 0.0602 e. The van der Waals surface area contributed by atoms with Crippen LogP contribution in [0.25, 0.3) is 0 Å². The molecule has 1 rings (SSSR count). The van der Waals surface area contributed by atoms with Gasteiger partial charge in [-0.15, -0.1) is 0 Å². The summed E-state index contributed by atoms with van der Waals surface area (Å²) in [6, 6.07) is 10.6. The molecule has 0 N–H and O–H groups in total. The first kappa shape index (κ1) is 17.2. The van der Waals surface area contributed by atoms with E-state index >= 15 is 0 Å². The molecule has 0 bridgehead atoms. The Morgan fingerprint density at radius 3 is 2.06 bits per heavy atom. The minimum Gasteiger partial charge on any atom is -0.373 e. The highest BCUT2D eigenvalue weighted by atomic mass is 16.5.